The molecule has 1 unspecified atom stereocenters. The first kappa shape index (κ1) is 17.7. The van der Waals surface area contributed by atoms with E-state index in [4.69, 9.17) is 4.74 Å². The summed E-state index contributed by atoms with van der Waals surface area (Å²) in [5, 5.41) is 7.08. The third-order valence-corrected chi connectivity index (χ3v) is 6.67. The zero-order chi connectivity index (χ0) is 18.9. The smallest absolute Gasteiger partial charge is 0.320 e. The second-order valence-corrected chi connectivity index (χ2v) is 8.38. The Balaban J connectivity index is 1.13. The van der Waals surface area contributed by atoms with E-state index < -0.39 is 0 Å². The fourth-order valence-electron chi connectivity index (χ4n) is 4.80. The average molecular weight is 380 g/mol. The fraction of sp³-hybridized carbons (Fsp3) is 0.545. The standard InChI is InChI=1S/C22H28N4O2/c27-22(25-10-6-19(13-25)21-5-9-23-24-21)26-14-20(15-26)17-3-1-16(2-4-17)18-7-11-28-12-8-18/h1-5,9,18-20H,6-8,10-15H2,(H,23,24). The monoisotopic (exact) mass is 380 g/mol. The Kier molecular flexibility index (Phi) is 4.81. The number of carbonyl (C=O) groups excluding carboxylic acids is 1. The molecule has 28 heavy (non-hydrogen) atoms. The lowest BCUT2D eigenvalue weighted by molar-refractivity contribution is 0.0853. The summed E-state index contributed by atoms with van der Waals surface area (Å²) in [6.07, 6.45) is 5.05. The van der Waals surface area contributed by atoms with E-state index in [1.54, 1.807) is 6.20 Å². The molecule has 148 valence electrons. The molecule has 3 aliphatic heterocycles. The lowest BCUT2D eigenvalue weighted by Crippen LogP contribution is -2.53. The highest BCUT2D eigenvalue weighted by Crippen LogP contribution is 2.33. The number of H-pyrrole nitrogens is 1. The van der Waals surface area contributed by atoms with Gasteiger partial charge in [-0.1, -0.05) is 24.3 Å². The molecule has 3 fully saturated rings. The number of amides is 2. The van der Waals surface area contributed by atoms with Crippen LogP contribution in [0.25, 0.3) is 0 Å². The van der Waals surface area contributed by atoms with Gasteiger partial charge in [0, 0.05) is 63.1 Å². The van der Waals surface area contributed by atoms with E-state index in [0.717, 1.165) is 64.3 Å². The lowest BCUT2D eigenvalue weighted by Gasteiger charge is -2.41. The van der Waals surface area contributed by atoms with Crippen molar-refractivity contribution in [2.75, 3.05) is 39.4 Å². The van der Waals surface area contributed by atoms with Crippen molar-refractivity contribution in [1.29, 1.82) is 0 Å². The van der Waals surface area contributed by atoms with Gasteiger partial charge in [0.05, 0.1) is 0 Å². The first-order valence-corrected chi connectivity index (χ1v) is 10.5. The molecule has 1 atom stereocenters. The molecular weight excluding hydrogens is 352 g/mol. The number of hydrogen-bond donors (Lipinski definition) is 1. The van der Waals surface area contributed by atoms with Crippen molar-refractivity contribution >= 4 is 6.03 Å². The maximum Gasteiger partial charge on any atom is 0.320 e. The van der Waals surface area contributed by atoms with Crippen LogP contribution in [0.15, 0.2) is 36.5 Å². The predicted molar refractivity (Wildman–Crippen MR) is 106 cm³/mol. The summed E-state index contributed by atoms with van der Waals surface area (Å²) in [6.45, 7) is 5.06. The number of urea groups is 1. The van der Waals surface area contributed by atoms with E-state index >= 15 is 0 Å². The summed E-state index contributed by atoms with van der Waals surface area (Å²) in [5.74, 6) is 1.50. The highest BCUT2D eigenvalue weighted by atomic mass is 16.5. The van der Waals surface area contributed by atoms with E-state index in [-0.39, 0.29) is 6.03 Å². The molecule has 6 heteroatoms. The van der Waals surface area contributed by atoms with Gasteiger partial charge in [0.2, 0.25) is 0 Å². The largest absolute Gasteiger partial charge is 0.381 e. The molecule has 1 N–H and O–H groups in total. The zero-order valence-electron chi connectivity index (χ0n) is 16.2. The van der Waals surface area contributed by atoms with Crippen LogP contribution in [0, 0.1) is 0 Å². The summed E-state index contributed by atoms with van der Waals surface area (Å²) in [4.78, 5) is 16.8. The van der Waals surface area contributed by atoms with Crippen molar-refractivity contribution in [3.05, 3.63) is 53.3 Å². The van der Waals surface area contributed by atoms with Crippen molar-refractivity contribution in [1.82, 2.24) is 20.0 Å². The van der Waals surface area contributed by atoms with E-state index in [0.29, 0.717) is 17.8 Å². The first-order chi connectivity index (χ1) is 13.8. The van der Waals surface area contributed by atoms with Crippen molar-refractivity contribution in [2.24, 2.45) is 0 Å². The van der Waals surface area contributed by atoms with Crippen LogP contribution < -0.4 is 0 Å². The predicted octanol–water partition coefficient (Wildman–Crippen LogP) is 3.31. The van der Waals surface area contributed by atoms with Gasteiger partial charge in [0.15, 0.2) is 0 Å². The molecule has 0 radical (unpaired) electrons. The third-order valence-electron chi connectivity index (χ3n) is 6.67. The summed E-state index contributed by atoms with van der Waals surface area (Å²) in [6, 6.07) is 11.3. The highest BCUT2D eigenvalue weighted by Gasteiger charge is 2.37. The van der Waals surface area contributed by atoms with Gasteiger partial charge in [-0.25, -0.2) is 4.79 Å². The van der Waals surface area contributed by atoms with Gasteiger partial charge in [0.1, 0.15) is 0 Å². The van der Waals surface area contributed by atoms with Crippen LogP contribution in [0.3, 0.4) is 0 Å². The Bertz CT molecular complexity index is 792. The topological polar surface area (TPSA) is 61.5 Å². The van der Waals surface area contributed by atoms with Gasteiger partial charge in [-0.3, -0.25) is 5.10 Å². The molecule has 0 saturated carbocycles. The van der Waals surface area contributed by atoms with E-state index in [2.05, 4.69) is 34.5 Å². The maximum atomic E-state index is 12.8. The minimum absolute atomic E-state index is 0.192. The van der Waals surface area contributed by atoms with Crippen LogP contribution in [-0.4, -0.2) is 65.4 Å². The summed E-state index contributed by atoms with van der Waals surface area (Å²) >= 11 is 0. The van der Waals surface area contributed by atoms with Crippen LogP contribution >= 0.6 is 0 Å². The van der Waals surface area contributed by atoms with Crippen LogP contribution in [0.4, 0.5) is 4.79 Å². The summed E-state index contributed by atoms with van der Waals surface area (Å²) in [7, 11) is 0. The minimum Gasteiger partial charge on any atom is -0.381 e. The number of likely N-dealkylation sites (tertiary alicyclic amines) is 2. The molecule has 1 aromatic carbocycles. The molecule has 3 aliphatic rings. The van der Waals surface area contributed by atoms with Crippen molar-refractivity contribution in [3.8, 4) is 0 Å². The molecule has 5 rings (SSSR count). The molecule has 3 saturated heterocycles. The van der Waals surface area contributed by atoms with E-state index in [9.17, 15) is 4.79 Å². The maximum absolute atomic E-state index is 12.8. The van der Waals surface area contributed by atoms with Gasteiger partial charge in [-0.2, -0.15) is 5.10 Å². The molecule has 0 aliphatic carbocycles. The number of nitrogens with zero attached hydrogens (tertiary/aromatic N) is 3. The highest BCUT2D eigenvalue weighted by molar-refractivity contribution is 5.76. The second kappa shape index (κ2) is 7.59. The number of nitrogens with one attached hydrogen (secondary N) is 1. The van der Waals surface area contributed by atoms with Crippen LogP contribution in [-0.2, 0) is 4.74 Å². The van der Waals surface area contributed by atoms with Crippen LogP contribution in [0.5, 0.6) is 0 Å². The van der Waals surface area contributed by atoms with E-state index in [1.165, 1.54) is 11.1 Å². The number of aromatic amines is 1. The van der Waals surface area contributed by atoms with E-state index in [1.807, 2.05) is 15.9 Å². The molecule has 6 nitrogen and oxygen atoms in total. The van der Waals surface area contributed by atoms with Gasteiger partial charge in [-0.15, -0.1) is 0 Å². The van der Waals surface area contributed by atoms with Crippen molar-refractivity contribution in [3.63, 3.8) is 0 Å². The summed E-state index contributed by atoms with van der Waals surface area (Å²) in [5.41, 5.74) is 3.93. The Labute approximate surface area is 165 Å². The van der Waals surface area contributed by atoms with Crippen molar-refractivity contribution in [2.45, 2.75) is 37.0 Å². The number of aromatic nitrogens is 2. The summed E-state index contributed by atoms with van der Waals surface area (Å²) < 4.78 is 5.47. The minimum atomic E-state index is 0.192. The van der Waals surface area contributed by atoms with Gasteiger partial charge < -0.3 is 14.5 Å². The van der Waals surface area contributed by atoms with Crippen LogP contribution in [0.1, 0.15) is 53.8 Å². The molecule has 2 aromatic rings. The number of ether oxygens (including phenoxy) is 1. The Morgan fingerprint density at radius 3 is 2.25 bits per heavy atom. The first-order valence-electron chi connectivity index (χ1n) is 10.5. The van der Waals surface area contributed by atoms with Gasteiger partial charge in [-0.05, 0) is 42.4 Å². The number of carbonyl (C=O) groups is 1. The number of benzene rings is 1. The number of rotatable bonds is 3. The number of hydrogen-bond acceptors (Lipinski definition) is 3. The fourth-order valence-corrected chi connectivity index (χ4v) is 4.80. The van der Waals surface area contributed by atoms with Gasteiger partial charge in [0.25, 0.3) is 0 Å². The molecule has 0 bridgehead atoms. The Morgan fingerprint density at radius 1 is 0.893 bits per heavy atom. The van der Waals surface area contributed by atoms with Gasteiger partial charge >= 0.3 is 6.03 Å². The third kappa shape index (κ3) is 3.41. The molecule has 0 spiro atoms. The molecular formula is C22H28N4O2. The Morgan fingerprint density at radius 2 is 1.57 bits per heavy atom. The molecule has 1 aromatic heterocycles. The quantitative estimate of drug-likeness (QED) is 0.889. The second-order valence-electron chi connectivity index (χ2n) is 8.38. The molecule has 4 heterocycles. The normalized spacial score (nSPS) is 23.8. The zero-order valence-corrected chi connectivity index (χ0v) is 16.2. The lowest BCUT2D eigenvalue weighted by atomic mass is 9.87. The van der Waals surface area contributed by atoms with Crippen LogP contribution in [0.2, 0.25) is 0 Å². The average Bonchev–Trinajstić information content (AvgIpc) is 3.40. The Hall–Kier alpha value is -2.34. The molecule has 2 amide bonds. The van der Waals surface area contributed by atoms with Crippen molar-refractivity contribution < 1.29 is 9.53 Å². The SMILES string of the molecule is O=C(N1CC(c2ccc(C3CCOCC3)cc2)C1)N1CCC(c2ccn[nH]2)C1.